The molecule has 23 heavy (non-hydrogen) atoms. The maximum absolute atomic E-state index is 12.9. The van der Waals surface area contributed by atoms with Crippen molar-refractivity contribution in [2.75, 3.05) is 13.1 Å². The van der Waals surface area contributed by atoms with Gasteiger partial charge in [0.15, 0.2) is 5.11 Å². The first-order chi connectivity index (χ1) is 10.9. The van der Waals surface area contributed by atoms with E-state index in [0.29, 0.717) is 45.1 Å². The van der Waals surface area contributed by atoms with E-state index in [2.05, 4.69) is 10.6 Å². The lowest BCUT2D eigenvalue weighted by Gasteiger charge is -2.33. The Bertz CT molecular complexity index is 651. The topological polar surface area (TPSA) is 44.4 Å². The fourth-order valence-electron chi connectivity index (χ4n) is 2.66. The molecule has 7 heteroatoms. The highest BCUT2D eigenvalue weighted by Gasteiger charge is 2.34. The maximum Gasteiger partial charge on any atom is 0.253 e. The second-order valence-corrected chi connectivity index (χ2v) is 6.41. The molecular formula is C16H19Cl2N3OS. The average molecular weight is 372 g/mol. The van der Waals surface area contributed by atoms with Gasteiger partial charge in [0.1, 0.15) is 0 Å². The van der Waals surface area contributed by atoms with E-state index in [0.717, 1.165) is 0 Å². The zero-order valence-electron chi connectivity index (χ0n) is 13.2. The molecule has 2 N–H and O–H groups in total. The van der Waals surface area contributed by atoms with Gasteiger partial charge in [-0.3, -0.25) is 4.79 Å². The van der Waals surface area contributed by atoms with Crippen molar-refractivity contribution in [3.05, 3.63) is 45.1 Å². The molecule has 0 spiro atoms. The summed E-state index contributed by atoms with van der Waals surface area (Å²) >= 11 is 17.9. The van der Waals surface area contributed by atoms with Crippen molar-refractivity contribution in [2.24, 2.45) is 0 Å². The quantitative estimate of drug-likeness (QED) is 0.792. The number of hydrogen-bond donors (Lipinski definition) is 2. The number of likely N-dealkylation sites (N-methyl/N-ethyl adjacent to an activating group) is 1. The van der Waals surface area contributed by atoms with Crippen molar-refractivity contribution in [1.82, 2.24) is 15.5 Å². The van der Waals surface area contributed by atoms with Gasteiger partial charge in [-0.2, -0.15) is 0 Å². The molecule has 2 rings (SSSR count). The van der Waals surface area contributed by atoms with E-state index in [1.807, 2.05) is 20.8 Å². The summed E-state index contributed by atoms with van der Waals surface area (Å²) < 4.78 is 0. The number of nitrogens with zero attached hydrogens (tertiary/aromatic N) is 1. The van der Waals surface area contributed by atoms with Crippen molar-refractivity contribution >= 4 is 46.4 Å². The summed E-state index contributed by atoms with van der Waals surface area (Å²) in [6.45, 7) is 6.98. The smallest absolute Gasteiger partial charge is 0.253 e. The molecule has 1 amide bonds. The fraction of sp³-hybridized carbons (Fsp3) is 0.375. The number of thiocarbonyl (C=S) groups is 1. The normalized spacial score (nSPS) is 17.6. The summed E-state index contributed by atoms with van der Waals surface area (Å²) in [5, 5.41) is 7.58. The Labute approximate surface area is 151 Å². The Kier molecular flexibility index (Phi) is 5.89. The largest absolute Gasteiger partial charge is 0.351 e. The Morgan fingerprint density at radius 1 is 1.26 bits per heavy atom. The molecule has 1 atom stereocenters. The van der Waals surface area contributed by atoms with E-state index in [1.165, 1.54) is 0 Å². The van der Waals surface area contributed by atoms with Crippen LogP contribution in [0.1, 0.15) is 32.4 Å². The molecule has 0 saturated carbocycles. The molecule has 124 valence electrons. The van der Waals surface area contributed by atoms with Crippen LogP contribution in [-0.4, -0.2) is 29.0 Å². The number of amides is 1. The van der Waals surface area contributed by atoms with Crippen LogP contribution in [0.15, 0.2) is 29.5 Å². The van der Waals surface area contributed by atoms with Gasteiger partial charge < -0.3 is 15.5 Å². The molecule has 1 aromatic carbocycles. The Hall–Kier alpha value is -1.30. The summed E-state index contributed by atoms with van der Waals surface area (Å²) in [5.74, 6) is -0.0593. The lowest BCUT2D eigenvalue weighted by atomic mass is 9.94. The zero-order chi connectivity index (χ0) is 17.1. The van der Waals surface area contributed by atoms with Crippen molar-refractivity contribution in [1.29, 1.82) is 0 Å². The standard InChI is InChI=1S/C16H19Cl2N3OS/c1-4-21(5-2)15(22)12-9(3)19-16(23)20-14(12)13-10(17)7-6-8-11(13)18/h6-8,14H,4-5H2,1-3H3,(H2,19,20,23)/t14-/m1/s1. The number of halogens is 2. The lowest BCUT2D eigenvalue weighted by molar-refractivity contribution is -0.127. The van der Waals surface area contributed by atoms with Crippen LogP contribution in [0.25, 0.3) is 0 Å². The van der Waals surface area contributed by atoms with Gasteiger partial charge in [0.05, 0.1) is 11.6 Å². The van der Waals surface area contributed by atoms with Crippen molar-refractivity contribution < 1.29 is 4.79 Å². The van der Waals surface area contributed by atoms with E-state index >= 15 is 0 Å². The predicted octanol–water partition coefficient (Wildman–Crippen LogP) is 3.65. The van der Waals surface area contributed by atoms with E-state index < -0.39 is 6.04 Å². The molecule has 0 unspecified atom stereocenters. The summed E-state index contributed by atoms with van der Waals surface area (Å²) in [6, 6.07) is 4.81. The Morgan fingerprint density at radius 3 is 2.35 bits per heavy atom. The zero-order valence-corrected chi connectivity index (χ0v) is 15.6. The van der Waals surface area contributed by atoms with E-state index in [1.54, 1.807) is 23.1 Å². The maximum atomic E-state index is 12.9. The van der Waals surface area contributed by atoms with Crippen molar-refractivity contribution in [2.45, 2.75) is 26.8 Å². The van der Waals surface area contributed by atoms with Gasteiger partial charge in [-0.15, -0.1) is 0 Å². The van der Waals surface area contributed by atoms with Crippen LogP contribution in [0, 0.1) is 0 Å². The van der Waals surface area contributed by atoms with Crippen LogP contribution < -0.4 is 10.6 Å². The van der Waals surface area contributed by atoms with Crippen LogP contribution >= 0.6 is 35.4 Å². The highest BCUT2D eigenvalue weighted by Crippen LogP contribution is 2.36. The number of allylic oxidation sites excluding steroid dienone is 1. The second-order valence-electron chi connectivity index (χ2n) is 5.18. The molecule has 0 aromatic heterocycles. The van der Waals surface area contributed by atoms with Crippen LogP contribution in [0.5, 0.6) is 0 Å². The van der Waals surface area contributed by atoms with Crippen LogP contribution in [0.4, 0.5) is 0 Å². The highest BCUT2D eigenvalue weighted by molar-refractivity contribution is 7.80. The molecule has 0 fully saturated rings. The van der Waals surface area contributed by atoms with Gasteiger partial charge in [-0.05, 0) is 45.1 Å². The number of nitrogens with one attached hydrogen (secondary N) is 2. The SMILES string of the molecule is CCN(CC)C(=O)C1=C(C)NC(=S)N[C@H]1c1c(Cl)cccc1Cl. The molecule has 1 heterocycles. The van der Waals surface area contributed by atoms with Crippen molar-refractivity contribution in [3.8, 4) is 0 Å². The number of hydrogen-bond acceptors (Lipinski definition) is 2. The molecule has 4 nitrogen and oxygen atoms in total. The predicted molar refractivity (Wildman–Crippen MR) is 98.7 cm³/mol. The average Bonchev–Trinajstić information content (AvgIpc) is 2.47. The number of benzene rings is 1. The molecule has 1 aliphatic heterocycles. The molecule has 1 aliphatic rings. The minimum absolute atomic E-state index is 0.0593. The first kappa shape index (κ1) is 18.0. The summed E-state index contributed by atoms with van der Waals surface area (Å²) in [6.07, 6.45) is 0. The third-order valence-corrected chi connectivity index (χ3v) is 4.72. The summed E-state index contributed by atoms with van der Waals surface area (Å²) in [4.78, 5) is 14.7. The minimum Gasteiger partial charge on any atom is -0.351 e. The highest BCUT2D eigenvalue weighted by atomic mass is 35.5. The van der Waals surface area contributed by atoms with Gasteiger partial charge in [0.2, 0.25) is 0 Å². The van der Waals surface area contributed by atoms with E-state index in [4.69, 9.17) is 35.4 Å². The van der Waals surface area contributed by atoms with Crippen LogP contribution in [-0.2, 0) is 4.79 Å². The minimum atomic E-state index is -0.474. The van der Waals surface area contributed by atoms with Gasteiger partial charge in [-0.1, -0.05) is 29.3 Å². The third-order valence-electron chi connectivity index (χ3n) is 3.84. The van der Waals surface area contributed by atoms with Crippen molar-refractivity contribution in [3.63, 3.8) is 0 Å². The first-order valence-corrected chi connectivity index (χ1v) is 8.58. The molecule has 1 aromatic rings. The number of carbonyl (C=O) groups excluding carboxylic acids is 1. The molecule has 0 saturated heterocycles. The summed E-state index contributed by atoms with van der Waals surface area (Å²) in [5.41, 5.74) is 1.96. The second kappa shape index (κ2) is 7.51. The summed E-state index contributed by atoms with van der Waals surface area (Å²) in [7, 11) is 0. The fourth-order valence-corrected chi connectivity index (χ4v) is 3.55. The molecular weight excluding hydrogens is 353 g/mol. The third kappa shape index (κ3) is 3.62. The Morgan fingerprint density at radius 2 is 1.83 bits per heavy atom. The van der Waals surface area contributed by atoms with Gasteiger partial charge in [0, 0.05) is 34.4 Å². The Balaban J connectivity index is 2.57. The van der Waals surface area contributed by atoms with Gasteiger partial charge >= 0.3 is 0 Å². The number of carbonyl (C=O) groups is 1. The van der Waals surface area contributed by atoms with Crippen LogP contribution in [0.2, 0.25) is 10.0 Å². The first-order valence-electron chi connectivity index (χ1n) is 7.42. The monoisotopic (exact) mass is 371 g/mol. The van der Waals surface area contributed by atoms with Gasteiger partial charge in [0.25, 0.3) is 5.91 Å². The van der Waals surface area contributed by atoms with Crippen LogP contribution in [0.3, 0.4) is 0 Å². The van der Waals surface area contributed by atoms with E-state index in [9.17, 15) is 4.79 Å². The molecule has 0 radical (unpaired) electrons. The van der Waals surface area contributed by atoms with Gasteiger partial charge in [-0.25, -0.2) is 0 Å². The molecule has 0 aliphatic carbocycles. The van der Waals surface area contributed by atoms with E-state index in [-0.39, 0.29) is 5.91 Å². The number of rotatable bonds is 4. The molecule has 0 bridgehead atoms. The lowest BCUT2D eigenvalue weighted by Crippen LogP contribution is -2.47.